The number of rotatable bonds is 13. The first kappa shape index (κ1) is 53.7. The highest BCUT2D eigenvalue weighted by atomic mass is 16.7. The Morgan fingerprint density at radius 2 is 1.68 bits per heavy atom. The van der Waals surface area contributed by atoms with Crippen LogP contribution < -0.4 is 0 Å². The first-order chi connectivity index (χ1) is 33.8. The Labute approximate surface area is 419 Å². The molecule has 4 saturated heterocycles. The molecule has 1 amide bonds. The van der Waals surface area contributed by atoms with Crippen LogP contribution in [0.15, 0.2) is 72.9 Å². The minimum Gasteiger partial charge on any atom is -0.458 e. The van der Waals surface area contributed by atoms with Crippen molar-refractivity contribution >= 4 is 46.6 Å². The fourth-order valence-electron chi connectivity index (χ4n) is 11.8. The molecule has 7 rings (SSSR count). The lowest BCUT2D eigenvalue weighted by atomic mass is 9.73. The van der Waals surface area contributed by atoms with Crippen LogP contribution >= 0.6 is 0 Å². The average Bonchev–Trinajstić information content (AvgIpc) is 3.89. The highest BCUT2D eigenvalue weighted by Crippen LogP contribution is 2.44. The number of carbonyl (C=O) groups excluding carboxylic acids is 5. The minimum absolute atomic E-state index is 0.0252. The molecular formula is C56H76N4O11. The van der Waals surface area contributed by atoms with E-state index in [0.717, 1.165) is 35.9 Å². The second-order valence-corrected chi connectivity index (χ2v) is 21.2. The number of cyclic esters (lactones) is 1. The van der Waals surface area contributed by atoms with Gasteiger partial charge in [0.25, 0.3) is 0 Å². The van der Waals surface area contributed by atoms with E-state index >= 15 is 9.59 Å². The van der Waals surface area contributed by atoms with Crippen LogP contribution in [0.2, 0.25) is 0 Å². The van der Waals surface area contributed by atoms with Crippen LogP contribution in [0.5, 0.6) is 0 Å². The predicted octanol–water partition coefficient (Wildman–Crippen LogP) is 8.17. The summed E-state index contributed by atoms with van der Waals surface area (Å²) in [5.41, 5.74) is -0.810. The normalized spacial score (nSPS) is 34.6. The highest BCUT2D eigenvalue weighted by Gasteiger charge is 2.60. The van der Waals surface area contributed by atoms with Gasteiger partial charge in [-0.05, 0) is 124 Å². The third-order valence-corrected chi connectivity index (χ3v) is 15.7. The van der Waals surface area contributed by atoms with Gasteiger partial charge < -0.3 is 43.1 Å². The maximum absolute atomic E-state index is 15.3. The molecule has 15 nitrogen and oxygen atoms in total. The van der Waals surface area contributed by atoms with Gasteiger partial charge in [0.2, 0.25) is 0 Å². The van der Waals surface area contributed by atoms with Crippen LogP contribution in [0, 0.1) is 23.7 Å². The van der Waals surface area contributed by atoms with Crippen molar-refractivity contribution in [1.29, 1.82) is 0 Å². The molecule has 0 N–H and O–H groups in total. The quantitative estimate of drug-likeness (QED) is 0.0916. The molecule has 2 aromatic carbocycles. The van der Waals surface area contributed by atoms with Gasteiger partial charge in [-0.2, -0.15) is 0 Å². The summed E-state index contributed by atoms with van der Waals surface area (Å²) in [5, 5.41) is 0.976. The number of likely N-dealkylation sites (N-methyl/N-ethyl adjacent to an activating group) is 1. The van der Waals surface area contributed by atoms with E-state index in [2.05, 4.69) is 16.9 Å². The lowest BCUT2D eigenvalue weighted by Crippen LogP contribution is -2.61. The summed E-state index contributed by atoms with van der Waals surface area (Å²) in [7, 11) is 5.88. The second-order valence-electron chi connectivity index (χ2n) is 21.2. The maximum Gasteiger partial charge on any atom is 0.410 e. The highest BCUT2D eigenvalue weighted by molar-refractivity contribution is 6.00. The van der Waals surface area contributed by atoms with Gasteiger partial charge in [-0.25, -0.2) is 9.59 Å². The van der Waals surface area contributed by atoms with Crippen LogP contribution in [-0.2, 0) is 42.8 Å². The van der Waals surface area contributed by atoms with E-state index in [1.807, 2.05) is 102 Å². The number of aromatic nitrogens is 1. The van der Waals surface area contributed by atoms with Crippen molar-refractivity contribution in [3.63, 3.8) is 0 Å². The van der Waals surface area contributed by atoms with Crippen molar-refractivity contribution < 1.29 is 52.4 Å². The lowest BCUT2D eigenvalue weighted by molar-refractivity contribution is -0.296. The molecule has 4 aliphatic heterocycles. The summed E-state index contributed by atoms with van der Waals surface area (Å²) in [5.74, 6) is -5.90. The Hall–Kier alpha value is -5.06. The number of hydrogen-bond acceptors (Lipinski definition) is 14. The number of hydrogen-bond donors (Lipinski definition) is 0. The number of ether oxygens (including phenoxy) is 6. The molecule has 386 valence electrons. The zero-order chi connectivity index (χ0) is 51.4. The Balaban J connectivity index is 1.30. The van der Waals surface area contributed by atoms with Gasteiger partial charge in [-0.15, -0.1) is 0 Å². The van der Waals surface area contributed by atoms with Crippen molar-refractivity contribution in [2.45, 2.75) is 154 Å². The van der Waals surface area contributed by atoms with Gasteiger partial charge in [0.1, 0.15) is 17.8 Å². The Morgan fingerprint density at radius 1 is 0.958 bits per heavy atom. The Bertz CT molecular complexity index is 2400. The summed E-state index contributed by atoms with van der Waals surface area (Å²) >= 11 is 0. The van der Waals surface area contributed by atoms with E-state index in [1.165, 1.54) is 6.92 Å². The number of pyridine rings is 1. The molecule has 0 spiro atoms. The van der Waals surface area contributed by atoms with Crippen LogP contribution in [-0.4, -0.2) is 150 Å². The molecule has 14 atom stereocenters. The van der Waals surface area contributed by atoms with Crippen LogP contribution in [0.3, 0.4) is 0 Å². The van der Waals surface area contributed by atoms with Gasteiger partial charge in [-0.1, -0.05) is 76.2 Å². The molecule has 4 fully saturated rings. The summed E-state index contributed by atoms with van der Waals surface area (Å²) < 4.78 is 39.6. The lowest BCUT2D eigenvalue weighted by Gasteiger charge is -2.48. The van der Waals surface area contributed by atoms with Crippen molar-refractivity contribution in [2.24, 2.45) is 23.7 Å². The molecule has 3 aromatic rings. The van der Waals surface area contributed by atoms with Crippen LogP contribution in [0.1, 0.15) is 110 Å². The van der Waals surface area contributed by atoms with Gasteiger partial charge >= 0.3 is 18.0 Å². The van der Waals surface area contributed by atoms with Crippen LogP contribution in [0.25, 0.3) is 17.0 Å². The first-order valence-electron chi connectivity index (χ1n) is 25.6. The summed E-state index contributed by atoms with van der Waals surface area (Å²) in [4.78, 5) is 83.3. The summed E-state index contributed by atoms with van der Waals surface area (Å²) in [6.07, 6.45) is 3.79. The molecule has 0 unspecified atom stereocenters. The summed E-state index contributed by atoms with van der Waals surface area (Å²) in [6.45, 7) is 15.5. The number of amides is 1. The van der Waals surface area contributed by atoms with E-state index in [-0.39, 0.29) is 43.4 Å². The van der Waals surface area contributed by atoms with E-state index in [0.29, 0.717) is 24.9 Å². The third kappa shape index (κ3) is 11.8. The largest absolute Gasteiger partial charge is 0.458 e. The number of fused-ring (bicyclic) bond motifs is 2. The number of carbonyl (C=O) groups is 5. The van der Waals surface area contributed by atoms with E-state index in [4.69, 9.17) is 28.4 Å². The maximum atomic E-state index is 15.3. The zero-order valence-corrected chi connectivity index (χ0v) is 43.6. The van der Waals surface area contributed by atoms with Gasteiger partial charge in [0.05, 0.1) is 47.6 Å². The number of benzene rings is 2. The first-order valence-corrected chi connectivity index (χ1v) is 25.6. The molecule has 5 heterocycles. The number of nitrogens with zero attached hydrogens (tertiary/aromatic N) is 4. The van der Waals surface area contributed by atoms with Crippen molar-refractivity contribution in [2.75, 3.05) is 40.8 Å². The average molecular weight is 981 g/mol. The minimum atomic E-state index is -1.45. The summed E-state index contributed by atoms with van der Waals surface area (Å²) in [6, 6.07) is 17.6. The smallest absolute Gasteiger partial charge is 0.410 e. The second kappa shape index (κ2) is 22.8. The van der Waals surface area contributed by atoms with Gasteiger partial charge in [0.15, 0.2) is 23.8 Å². The fraction of sp³-hybridized carbons (Fsp3) is 0.607. The van der Waals surface area contributed by atoms with Crippen molar-refractivity contribution in [3.8, 4) is 0 Å². The standard InChI is InChI=1S/C56H76N4O11/c1-12-45-56(8)49(60(54(65)71-56)28-26-42-24-18-27-59(42)11)36(4)46(61)34(2)32-55(7,66-29-19-20-39-31-41-23-16-17-25-43(41)57-33-39)50(37(5)47(62)38(6)51(63)68-45)70-53-48(44(58(9)10)30-35(3)67-53)69-52(64)40-21-14-13-15-22-40/h13-17,19-23,25,31,33-38,42,44-45,48-50,53H,12,18,24,26-30,32H2,1-11H3/b20-19+/t34-,35-,36+,37+,38-,42+,44+,45-,48-,49-,50-,53+,55-,56-/m1/s1. The molecule has 15 heteroatoms. The molecular weight excluding hydrogens is 905 g/mol. The molecule has 0 bridgehead atoms. The topological polar surface area (TPSA) is 163 Å². The number of para-hydroxylation sites is 1. The van der Waals surface area contributed by atoms with E-state index in [1.54, 1.807) is 49.2 Å². The third-order valence-electron chi connectivity index (χ3n) is 15.7. The van der Waals surface area contributed by atoms with Gasteiger partial charge in [0, 0.05) is 41.9 Å². The van der Waals surface area contributed by atoms with Crippen molar-refractivity contribution in [3.05, 3.63) is 84.1 Å². The molecule has 1 aromatic heterocycles. The molecule has 0 aliphatic carbocycles. The van der Waals surface area contributed by atoms with Crippen molar-refractivity contribution in [1.82, 2.24) is 19.7 Å². The molecule has 4 aliphatic rings. The van der Waals surface area contributed by atoms with Gasteiger partial charge in [-0.3, -0.25) is 19.4 Å². The van der Waals surface area contributed by atoms with Crippen LogP contribution in [0.4, 0.5) is 4.79 Å². The predicted molar refractivity (Wildman–Crippen MR) is 269 cm³/mol. The molecule has 0 radical (unpaired) electrons. The zero-order valence-electron chi connectivity index (χ0n) is 43.6. The number of likely N-dealkylation sites (tertiary alicyclic amines) is 1. The SMILES string of the molecule is CC[C@H]1OC(=O)[C@H](C)C(=O)[C@H](C)[C@@H](O[C@@H]2O[C@H](C)C[C@H](N(C)C)[C@H]2OC(=O)c2ccccc2)[C@](C)(OC/C=C/c2cnc3ccccc3c2)C[C@@H](C)C(=O)[C@H](C)[C@H]2N(CC[C@@H]3CCCN3C)C(=O)O[C@]12C. The fourth-order valence-corrected chi connectivity index (χ4v) is 11.8. The number of Topliss-reactive ketones (excluding diaryl/α,β-unsaturated/α-hetero) is 2. The number of esters is 2. The molecule has 71 heavy (non-hydrogen) atoms. The Morgan fingerprint density at radius 3 is 2.37 bits per heavy atom. The molecule has 0 saturated carbocycles. The Kier molecular flexibility index (Phi) is 17.2. The van der Waals surface area contributed by atoms with E-state index < -0.39 is 89.3 Å². The number of ketones is 2. The monoisotopic (exact) mass is 981 g/mol. The van der Waals surface area contributed by atoms with E-state index in [9.17, 15) is 14.4 Å².